The number of thiocarbonyl (C=S) groups is 1. The molecule has 24 heavy (non-hydrogen) atoms. The molecule has 2 rings (SSSR count). The van der Waals surface area contributed by atoms with Gasteiger partial charge in [0.05, 0.1) is 18.4 Å². The van der Waals surface area contributed by atoms with Crippen molar-refractivity contribution in [2.75, 3.05) is 12.4 Å². The number of hydrogen-bond donors (Lipinski definition) is 2. The number of nitrogens with one attached hydrogen (secondary N) is 2. The minimum absolute atomic E-state index is 0.127. The van der Waals surface area contributed by atoms with E-state index in [9.17, 15) is 4.79 Å². The number of carbonyl (C=O) groups excluding carboxylic acids is 1. The fourth-order valence-electron chi connectivity index (χ4n) is 1.88. The first-order valence-corrected chi connectivity index (χ1v) is 7.46. The molecule has 0 atom stereocenters. The van der Waals surface area contributed by atoms with Gasteiger partial charge in [0.1, 0.15) is 11.8 Å². The molecule has 0 aliphatic heterocycles. The topological polar surface area (TPSA) is 74.2 Å². The summed E-state index contributed by atoms with van der Waals surface area (Å²) in [6, 6.07) is 16.2. The van der Waals surface area contributed by atoms with Crippen LogP contribution in [-0.4, -0.2) is 18.1 Å². The molecule has 0 fully saturated rings. The molecule has 0 aromatic heterocycles. The maximum atomic E-state index is 11.9. The molecule has 120 valence electrons. The number of benzene rings is 2. The second kappa shape index (κ2) is 8.46. The smallest absolute Gasteiger partial charge is 0.250 e. The van der Waals surface area contributed by atoms with Crippen molar-refractivity contribution in [3.8, 4) is 11.8 Å². The minimum Gasteiger partial charge on any atom is -0.497 e. The van der Waals surface area contributed by atoms with Gasteiger partial charge in [0.2, 0.25) is 5.91 Å². The van der Waals surface area contributed by atoms with Crippen molar-refractivity contribution in [3.63, 3.8) is 0 Å². The van der Waals surface area contributed by atoms with Crippen molar-refractivity contribution >= 4 is 35.0 Å². The van der Waals surface area contributed by atoms with Crippen LogP contribution in [0.1, 0.15) is 11.1 Å². The molecule has 0 saturated heterocycles. The van der Waals surface area contributed by atoms with Crippen LogP contribution >= 0.6 is 12.2 Å². The summed E-state index contributed by atoms with van der Waals surface area (Å²) in [7, 11) is 1.59. The van der Waals surface area contributed by atoms with Gasteiger partial charge in [0, 0.05) is 6.08 Å². The number of methoxy groups -OCH3 is 1. The Morgan fingerprint density at radius 3 is 2.58 bits per heavy atom. The fraction of sp³-hybridized carbons (Fsp3) is 0.0556. The second-order valence-electron chi connectivity index (χ2n) is 4.71. The molecule has 6 heteroatoms. The summed E-state index contributed by atoms with van der Waals surface area (Å²) in [6.07, 6.45) is 3.05. The summed E-state index contributed by atoms with van der Waals surface area (Å²) in [5.74, 6) is 0.385. The third kappa shape index (κ3) is 4.93. The van der Waals surface area contributed by atoms with Crippen molar-refractivity contribution in [1.29, 1.82) is 5.26 Å². The largest absolute Gasteiger partial charge is 0.497 e. The van der Waals surface area contributed by atoms with Gasteiger partial charge in [-0.15, -0.1) is 0 Å². The van der Waals surface area contributed by atoms with Crippen LogP contribution in [0.3, 0.4) is 0 Å². The van der Waals surface area contributed by atoms with E-state index in [1.54, 1.807) is 37.5 Å². The zero-order valence-corrected chi connectivity index (χ0v) is 13.8. The predicted molar refractivity (Wildman–Crippen MR) is 97.5 cm³/mol. The predicted octanol–water partition coefficient (Wildman–Crippen LogP) is 3.09. The molecule has 0 radical (unpaired) electrons. The minimum atomic E-state index is -0.363. The van der Waals surface area contributed by atoms with Gasteiger partial charge in [-0.25, -0.2) is 0 Å². The number of hydrogen-bond acceptors (Lipinski definition) is 4. The van der Waals surface area contributed by atoms with Gasteiger partial charge in [0.15, 0.2) is 5.11 Å². The highest BCUT2D eigenvalue weighted by molar-refractivity contribution is 7.80. The summed E-state index contributed by atoms with van der Waals surface area (Å²) < 4.78 is 5.07. The summed E-state index contributed by atoms with van der Waals surface area (Å²) in [5.41, 5.74) is 1.85. The summed E-state index contributed by atoms with van der Waals surface area (Å²) >= 11 is 5.08. The third-order valence-electron chi connectivity index (χ3n) is 3.08. The maximum Gasteiger partial charge on any atom is 0.250 e. The van der Waals surface area contributed by atoms with Gasteiger partial charge in [-0.3, -0.25) is 10.1 Å². The quantitative estimate of drug-likeness (QED) is 0.662. The maximum absolute atomic E-state index is 11.9. The average Bonchev–Trinajstić information content (AvgIpc) is 2.60. The molecule has 0 bridgehead atoms. The van der Waals surface area contributed by atoms with Gasteiger partial charge in [0.25, 0.3) is 0 Å². The van der Waals surface area contributed by atoms with Gasteiger partial charge in [-0.05, 0) is 48.1 Å². The normalized spacial score (nSPS) is 10.0. The lowest BCUT2D eigenvalue weighted by Crippen LogP contribution is -2.33. The highest BCUT2D eigenvalue weighted by atomic mass is 32.1. The zero-order valence-electron chi connectivity index (χ0n) is 12.9. The van der Waals surface area contributed by atoms with Crippen LogP contribution in [-0.2, 0) is 4.79 Å². The van der Waals surface area contributed by atoms with E-state index in [1.165, 1.54) is 6.08 Å². The lowest BCUT2D eigenvalue weighted by molar-refractivity contribution is -0.115. The van der Waals surface area contributed by atoms with E-state index >= 15 is 0 Å². The van der Waals surface area contributed by atoms with Crippen LogP contribution < -0.4 is 15.4 Å². The molecule has 2 aromatic rings. The van der Waals surface area contributed by atoms with E-state index < -0.39 is 0 Å². The third-order valence-corrected chi connectivity index (χ3v) is 3.28. The van der Waals surface area contributed by atoms with E-state index in [2.05, 4.69) is 16.7 Å². The molecule has 0 aliphatic carbocycles. The lowest BCUT2D eigenvalue weighted by Gasteiger charge is -2.09. The number of nitriles is 1. The molecule has 0 unspecified atom stereocenters. The molecule has 0 heterocycles. The number of para-hydroxylation sites is 1. The van der Waals surface area contributed by atoms with Crippen LogP contribution in [0.15, 0.2) is 54.6 Å². The highest BCUT2D eigenvalue weighted by Crippen LogP contribution is 2.13. The Hall–Kier alpha value is -3.17. The first kappa shape index (κ1) is 17.2. The van der Waals surface area contributed by atoms with Crippen LogP contribution in [0.25, 0.3) is 6.08 Å². The number of ether oxygens (including phenoxy) is 1. The van der Waals surface area contributed by atoms with Crippen LogP contribution in [0.4, 0.5) is 5.69 Å². The Labute approximate surface area is 145 Å². The van der Waals surface area contributed by atoms with Crippen molar-refractivity contribution in [2.24, 2.45) is 0 Å². The van der Waals surface area contributed by atoms with Crippen LogP contribution in [0, 0.1) is 11.3 Å². The number of nitrogens with zero attached hydrogens (tertiary/aromatic N) is 1. The van der Waals surface area contributed by atoms with Crippen LogP contribution in [0.2, 0.25) is 0 Å². The number of rotatable bonds is 4. The lowest BCUT2D eigenvalue weighted by atomic mass is 10.2. The Balaban J connectivity index is 1.92. The Kier molecular flexibility index (Phi) is 6.06. The van der Waals surface area contributed by atoms with Crippen molar-refractivity contribution in [1.82, 2.24) is 5.32 Å². The van der Waals surface area contributed by atoms with Crippen molar-refractivity contribution in [3.05, 3.63) is 65.7 Å². The summed E-state index contributed by atoms with van der Waals surface area (Å²) in [5, 5.41) is 14.5. The summed E-state index contributed by atoms with van der Waals surface area (Å²) in [4.78, 5) is 11.9. The Bertz CT molecular complexity index is 808. The molecule has 2 aromatic carbocycles. The van der Waals surface area contributed by atoms with Gasteiger partial charge in [-0.1, -0.05) is 24.3 Å². The second-order valence-corrected chi connectivity index (χ2v) is 5.12. The monoisotopic (exact) mass is 337 g/mol. The Morgan fingerprint density at radius 2 is 1.92 bits per heavy atom. The molecule has 0 aliphatic rings. The van der Waals surface area contributed by atoms with Gasteiger partial charge in [-0.2, -0.15) is 5.26 Å². The number of amides is 1. The van der Waals surface area contributed by atoms with Crippen molar-refractivity contribution < 1.29 is 9.53 Å². The first-order chi connectivity index (χ1) is 11.6. The molecular formula is C18H15N3O2S. The van der Waals surface area contributed by atoms with E-state index in [0.29, 0.717) is 11.3 Å². The van der Waals surface area contributed by atoms with Gasteiger partial charge >= 0.3 is 0 Å². The number of anilines is 1. The molecular weight excluding hydrogens is 322 g/mol. The zero-order chi connectivity index (χ0) is 17.4. The molecule has 0 saturated carbocycles. The highest BCUT2D eigenvalue weighted by Gasteiger charge is 2.05. The van der Waals surface area contributed by atoms with E-state index in [0.717, 1.165) is 11.3 Å². The molecule has 1 amide bonds. The van der Waals surface area contributed by atoms with Crippen LogP contribution in [0.5, 0.6) is 5.75 Å². The van der Waals surface area contributed by atoms with Crippen molar-refractivity contribution in [2.45, 2.75) is 0 Å². The first-order valence-electron chi connectivity index (χ1n) is 7.05. The SMILES string of the molecule is COc1ccc(C=CC(=O)NC(=S)Nc2ccccc2C#N)cc1. The fourth-order valence-corrected chi connectivity index (χ4v) is 2.09. The molecule has 2 N–H and O–H groups in total. The Morgan fingerprint density at radius 1 is 1.21 bits per heavy atom. The van der Waals surface area contributed by atoms with E-state index in [1.807, 2.05) is 24.3 Å². The number of carbonyl (C=O) groups is 1. The molecule has 0 spiro atoms. The average molecular weight is 337 g/mol. The molecule has 5 nitrogen and oxygen atoms in total. The summed E-state index contributed by atoms with van der Waals surface area (Å²) in [6.45, 7) is 0. The van der Waals surface area contributed by atoms with E-state index in [4.69, 9.17) is 22.2 Å². The standard InChI is InChI=1S/C18H15N3O2S/c1-23-15-9-6-13(7-10-15)8-11-17(22)21-18(24)20-16-5-3-2-4-14(16)12-19/h2-11H,1H3,(H2,20,21,22,24). The van der Waals surface area contributed by atoms with Gasteiger partial charge < -0.3 is 10.1 Å². The van der Waals surface area contributed by atoms with E-state index in [-0.39, 0.29) is 11.0 Å².